The van der Waals surface area contributed by atoms with Gasteiger partial charge in [-0.3, -0.25) is 0 Å². The molecule has 2 rings (SSSR count). The number of benzene rings is 2. The Labute approximate surface area is 121 Å². The molecule has 98 valence electrons. The summed E-state index contributed by atoms with van der Waals surface area (Å²) in [6.07, 6.45) is 0. The molecule has 0 aliphatic carbocycles. The predicted octanol–water partition coefficient (Wildman–Crippen LogP) is 5.73. The third-order valence-electron chi connectivity index (χ3n) is 2.57. The number of hydrogen-bond acceptors (Lipinski definition) is 3. The van der Waals surface area contributed by atoms with E-state index in [-0.39, 0.29) is 0 Å². The highest BCUT2D eigenvalue weighted by atomic mass is 35.5. The lowest BCUT2D eigenvalue weighted by molar-refractivity contribution is 0.415. The van der Waals surface area contributed by atoms with E-state index >= 15 is 0 Å². The molecule has 0 aliphatic heterocycles. The molecule has 0 unspecified atom stereocenters. The summed E-state index contributed by atoms with van der Waals surface area (Å²) in [6.45, 7) is 1.93. The van der Waals surface area contributed by atoms with Gasteiger partial charge in [-0.2, -0.15) is 10.2 Å². The van der Waals surface area contributed by atoms with Crippen molar-refractivity contribution in [1.82, 2.24) is 0 Å². The Kier molecular flexibility index (Phi) is 4.40. The molecular formula is C14H12Cl2N2O. The molecule has 0 fully saturated rings. The number of halogens is 2. The summed E-state index contributed by atoms with van der Waals surface area (Å²) in [4.78, 5) is 0. The van der Waals surface area contributed by atoms with Gasteiger partial charge in [0.2, 0.25) is 0 Å². The molecule has 0 spiro atoms. The zero-order valence-electron chi connectivity index (χ0n) is 10.5. The number of hydrogen-bond donors (Lipinski definition) is 0. The Morgan fingerprint density at radius 2 is 1.79 bits per heavy atom. The lowest BCUT2D eigenvalue weighted by Crippen LogP contribution is -1.82. The second-order valence-electron chi connectivity index (χ2n) is 3.95. The molecule has 0 heterocycles. The highest BCUT2D eigenvalue weighted by Crippen LogP contribution is 2.30. The maximum Gasteiger partial charge on any atom is 0.137 e. The lowest BCUT2D eigenvalue weighted by Gasteiger charge is -2.02. The average molecular weight is 295 g/mol. The first kappa shape index (κ1) is 13.8. The molecule has 0 N–H and O–H groups in total. The van der Waals surface area contributed by atoms with Crippen LogP contribution in [-0.4, -0.2) is 7.11 Å². The van der Waals surface area contributed by atoms with Crippen LogP contribution in [0.4, 0.5) is 11.4 Å². The first-order valence-corrected chi connectivity index (χ1v) is 6.37. The molecule has 0 radical (unpaired) electrons. The summed E-state index contributed by atoms with van der Waals surface area (Å²) in [6, 6.07) is 10.7. The number of aryl methyl sites for hydroxylation is 1. The molecule has 19 heavy (non-hydrogen) atoms. The highest BCUT2D eigenvalue weighted by Gasteiger charge is 2.01. The van der Waals surface area contributed by atoms with Crippen LogP contribution >= 0.6 is 23.2 Å². The molecular weight excluding hydrogens is 283 g/mol. The average Bonchev–Trinajstić information content (AvgIpc) is 2.38. The van der Waals surface area contributed by atoms with Crippen LogP contribution in [-0.2, 0) is 0 Å². The minimum atomic E-state index is 0.506. The molecule has 5 heteroatoms. The fourth-order valence-corrected chi connectivity index (χ4v) is 2.04. The number of rotatable bonds is 3. The first-order chi connectivity index (χ1) is 9.10. The van der Waals surface area contributed by atoms with Crippen molar-refractivity contribution in [2.45, 2.75) is 6.92 Å². The number of ether oxygens (including phenoxy) is 1. The van der Waals surface area contributed by atoms with Crippen LogP contribution in [0.3, 0.4) is 0 Å². The number of nitrogens with zero attached hydrogens (tertiary/aromatic N) is 2. The maximum atomic E-state index is 6.02. The van der Waals surface area contributed by atoms with Gasteiger partial charge in [0, 0.05) is 5.02 Å². The summed E-state index contributed by atoms with van der Waals surface area (Å²) in [5.74, 6) is 0.614. The lowest BCUT2D eigenvalue weighted by atomic mass is 10.2. The Morgan fingerprint density at radius 1 is 1.00 bits per heavy atom. The molecule has 0 aromatic heterocycles. The third-order valence-corrected chi connectivity index (χ3v) is 3.10. The molecule has 0 bridgehead atoms. The van der Waals surface area contributed by atoms with Gasteiger partial charge in [-0.05, 0) is 48.9 Å². The van der Waals surface area contributed by atoms with E-state index in [0.29, 0.717) is 21.5 Å². The topological polar surface area (TPSA) is 34.0 Å². The van der Waals surface area contributed by atoms with Gasteiger partial charge in [0.1, 0.15) is 5.75 Å². The van der Waals surface area contributed by atoms with E-state index in [1.165, 1.54) is 0 Å². The van der Waals surface area contributed by atoms with E-state index in [1.807, 2.05) is 19.1 Å². The second-order valence-corrected chi connectivity index (χ2v) is 4.79. The smallest absolute Gasteiger partial charge is 0.137 e. The van der Waals surface area contributed by atoms with E-state index in [2.05, 4.69) is 10.2 Å². The summed E-state index contributed by atoms with van der Waals surface area (Å²) in [7, 11) is 1.57. The molecule has 2 aromatic carbocycles. The van der Waals surface area contributed by atoms with E-state index in [1.54, 1.807) is 31.4 Å². The van der Waals surface area contributed by atoms with Crippen LogP contribution in [0.1, 0.15) is 5.56 Å². The van der Waals surface area contributed by atoms with Crippen molar-refractivity contribution in [3.8, 4) is 5.75 Å². The molecule has 2 aromatic rings. The predicted molar refractivity (Wildman–Crippen MR) is 78.4 cm³/mol. The van der Waals surface area contributed by atoms with Crippen LogP contribution in [0.25, 0.3) is 0 Å². The minimum Gasteiger partial charge on any atom is -0.495 e. The normalized spacial score (nSPS) is 10.9. The van der Waals surface area contributed by atoms with Crippen LogP contribution < -0.4 is 4.74 Å². The molecule has 0 saturated carbocycles. The van der Waals surface area contributed by atoms with Crippen molar-refractivity contribution in [2.75, 3.05) is 7.11 Å². The van der Waals surface area contributed by atoms with Gasteiger partial charge in [-0.25, -0.2) is 0 Å². The Bertz CT molecular complexity index is 627. The Balaban J connectivity index is 2.25. The Hall–Kier alpha value is -1.58. The van der Waals surface area contributed by atoms with Crippen LogP contribution in [0.2, 0.25) is 10.0 Å². The van der Waals surface area contributed by atoms with Gasteiger partial charge in [-0.1, -0.05) is 23.2 Å². The Morgan fingerprint density at radius 3 is 2.42 bits per heavy atom. The largest absolute Gasteiger partial charge is 0.495 e. The highest BCUT2D eigenvalue weighted by molar-refractivity contribution is 6.32. The summed E-state index contributed by atoms with van der Waals surface area (Å²) < 4.78 is 5.08. The standard InChI is InChI=1S/C14H12Cl2N2O/c1-9-7-10(15)3-5-13(9)18-17-11-4-6-14(19-2)12(16)8-11/h3-8H,1-2H3. The zero-order chi connectivity index (χ0) is 13.8. The van der Waals surface area contributed by atoms with Crippen LogP contribution in [0.5, 0.6) is 5.75 Å². The van der Waals surface area contributed by atoms with Crippen LogP contribution in [0.15, 0.2) is 46.6 Å². The van der Waals surface area contributed by atoms with Gasteiger partial charge in [0.25, 0.3) is 0 Å². The van der Waals surface area contributed by atoms with Crippen molar-refractivity contribution < 1.29 is 4.74 Å². The molecule has 0 aliphatic rings. The fourth-order valence-electron chi connectivity index (χ4n) is 1.56. The van der Waals surface area contributed by atoms with E-state index in [0.717, 1.165) is 11.3 Å². The van der Waals surface area contributed by atoms with Gasteiger partial charge >= 0.3 is 0 Å². The monoisotopic (exact) mass is 294 g/mol. The van der Waals surface area contributed by atoms with Gasteiger partial charge in [0.15, 0.2) is 0 Å². The SMILES string of the molecule is COc1ccc(N=Nc2ccc(Cl)cc2C)cc1Cl. The second kappa shape index (κ2) is 6.04. The molecule has 0 atom stereocenters. The maximum absolute atomic E-state index is 6.02. The minimum absolute atomic E-state index is 0.506. The fraction of sp³-hybridized carbons (Fsp3) is 0.143. The van der Waals surface area contributed by atoms with Crippen molar-refractivity contribution in [3.05, 3.63) is 52.0 Å². The number of azo groups is 1. The third kappa shape index (κ3) is 3.46. The van der Waals surface area contributed by atoms with Crippen LogP contribution in [0, 0.1) is 6.92 Å². The quantitative estimate of drug-likeness (QED) is 0.666. The molecule has 0 amide bonds. The molecule has 0 saturated heterocycles. The van der Waals surface area contributed by atoms with Crippen molar-refractivity contribution in [3.63, 3.8) is 0 Å². The van der Waals surface area contributed by atoms with Gasteiger partial charge in [-0.15, -0.1) is 0 Å². The van der Waals surface area contributed by atoms with E-state index in [9.17, 15) is 0 Å². The summed E-state index contributed by atoms with van der Waals surface area (Å²) >= 11 is 11.9. The first-order valence-electron chi connectivity index (χ1n) is 5.61. The van der Waals surface area contributed by atoms with Crippen molar-refractivity contribution in [1.29, 1.82) is 0 Å². The van der Waals surface area contributed by atoms with E-state index in [4.69, 9.17) is 27.9 Å². The zero-order valence-corrected chi connectivity index (χ0v) is 12.0. The summed E-state index contributed by atoms with van der Waals surface area (Å²) in [5, 5.41) is 9.52. The number of methoxy groups -OCH3 is 1. The van der Waals surface area contributed by atoms with Crippen molar-refractivity contribution >= 4 is 34.6 Å². The van der Waals surface area contributed by atoms with E-state index < -0.39 is 0 Å². The summed E-state index contributed by atoms with van der Waals surface area (Å²) in [5.41, 5.74) is 2.41. The molecule has 3 nitrogen and oxygen atoms in total. The van der Waals surface area contributed by atoms with Crippen molar-refractivity contribution in [2.24, 2.45) is 10.2 Å². The van der Waals surface area contributed by atoms with Gasteiger partial charge in [0.05, 0.1) is 23.5 Å². The van der Waals surface area contributed by atoms with Gasteiger partial charge < -0.3 is 4.74 Å².